The fraction of sp³-hybridized carbons (Fsp3) is 0.400. The summed E-state index contributed by atoms with van der Waals surface area (Å²) >= 11 is 1.40. The van der Waals surface area contributed by atoms with Crippen molar-refractivity contribution in [3.8, 4) is 0 Å². The first-order valence-electron chi connectivity index (χ1n) is 6.78. The van der Waals surface area contributed by atoms with Gasteiger partial charge < -0.3 is 0 Å². The number of hydrogen-bond donors (Lipinski definition) is 0. The van der Waals surface area contributed by atoms with Crippen LogP contribution in [-0.2, 0) is 9.59 Å². The molecule has 2 amide bonds. The average Bonchev–Trinajstić information content (AvgIpc) is 2.72. The molecular weight excluding hydrogens is 286 g/mol. The highest BCUT2D eigenvalue weighted by Gasteiger charge is 2.53. The maximum Gasteiger partial charge on any atom is 0.243 e. The molecule has 1 fully saturated rings. The molecule has 110 valence electrons. The molecule has 0 unspecified atom stereocenters. The average molecular weight is 303 g/mol. The lowest BCUT2D eigenvalue weighted by Gasteiger charge is -2.32. The first-order chi connectivity index (χ1) is 10.0. The summed E-state index contributed by atoms with van der Waals surface area (Å²) in [4.78, 5) is 32.5. The van der Waals surface area contributed by atoms with Gasteiger partial charge in [0, 0.05) is 12.6 Å². The summed E-state index contributed by atoms with van der Waals surface area (Å²) in [5, 5.41) is 0.453. The van der Waals surface area contributed by atoms with Crippen molar-refractivity contribution in [2.45, 2.75) is 11.4 Å². The van der Waals surface area contributed by atoms with Gasteiger partial charge in [0.1, 0.15) is 16.5 Å². The monoisotopic (exact) mass is 303 g/mol. The standard InChI is InChI=1S/C15H17N3O2S/c1-17(2)12-10-11(15(20)18(3)14(10)19)21-13(16-12)9-7-5-4-6-8-9/h4-8,10-12H,1-3H3/t10-,11-,12-/m1/s1. The molecule has 0 bridgehead atoms. The predicted octanol–water partition coefficient (Wildman–Crippen LogP) is 1.05. The van der Waals surface area contributed by atoms with E-state index in [4.69, 9.17) is 4.99 Å². The van der Waals surface area contributed by atoms with Crippen molar-refractivity contribution < 1.29 is 9.59 Å². The van der Waals surface area contributed by atoms with Gasteiger partial charge in [-0.2, -0.15) is 0 Å². The summed E-state index contributed by atoms with van der Waals surface area (Å²) in [7, 11) is 5.33. The lowest BCUT2D eigenvalue weighted by Crippen LogP contribution is -2.44. The summed E-state index contributed by atoms with van der Waals surface area (Å²) in [6.45, 7) is 0. The Bertz CT molecular complexity index is 615. The number of carbonyl (C=O) groups is 2. The summed E-state index contributed by atoms with van der Waals surface area (Å²) in [6, 6.07) is 9.79. The van der Waals surface area contributed by atoms with Crippen LogP contribution in [0.4, 0.5) is 0 Å². The number of hydrogen-bond acceptors (Lipinski definition) is 5. The summed E-state index contributed by atoms with van der Waals surface area (Å²) < 4.78 is 0. The number of benzene rings is 1. The highest BCUT2D eigenvalue weighted by atomic mass is 32.2. The Morgan fingerprint density at radius 2 is 1.81 bits per heavy atom. The quantitative estimate of drug-likeness (QED) is 0.766. The third kappa shape index (κ3) is 2.28. The number of likely N-dealkylation sites (tertiary alicyclic amines) is 1. The van der Waals surface area contributed by atoms with Crippen molar-refractivity contribution in [1.82, 2.24) is 9.80 Å². The lowest BCUT2D eigenvalue weighted by molar-refractivity contribution is -0.138. The molecule has 2 aliphatic rings. The Labute approximate surface area is 128 Å². The van der Waals surface area contributed by atoms with E-state index in [0.29, 0.717) is 0 Å². The molecule has 2 heterocycles. The van der Waals surface area contributed by atoms with Gasteiger partial charge in [0.25, 0.3) is 0 Å². The van der Waals surface area contributed by atoms with Crippen LogP contribution in [0.3, 0.4) is 0 Å². The molecule has 21 heavy (non-hydrogen) atoms. The Kier molecular flexibility index (Phi) is 3.59. The molecule has 2 aliphatic heterocycles. The number of thioether (sulfide) groups is 1. The zero-order valence-corrected chi connectivity index (χ0v) is 13.0. The van der Waals surface area contributed by atoms with Gasteiger partial charge in [-0.3, -0.25) is 24.4 Å². The van der Waals surface area contributed by atoms with Crippen LogP contribution in [0.15, 0.2) is 35.3 Å². The highest BCUT2D eigenvalue weighted by molar-refractivity contribution is 8.15. The number of fused-ring (bicyclic) bond motifs is 1. The van der Waals surface area contributed by atoms with Gasteiger partial charge >= 0.3 is 0 Å². The molecule has 0 aliphatic carbocycles. The maximum absolute atomic E-state index is 12.3. The van der Waals surface area contributed by atoms with E-state index in [0.717, 1.165) is 10.6 Å². The van der Waals surface area contributed by atoms with Crippen LogP contribution >= 0.6 is 11.8 Å². The summed E-state index contributed by atoms with van der Waals surface area (Å²) in [5.41, 5.74) is 0.989. The number of nitrogens with zero attached hydrogens (tertiary/aromatic N) is 3. The second-order valence-electron chi connectivity index (χ2n) is 5.48. The third-order valence-corrected chi connectivity index (χ3v) is 5.19. The van der Waals surface area contributed by atoms with Gasteiger partial charge in [0.2, 0.25) is 11.8 Å². The van der Waals surface area contributed by atoms with E-state index in [1.807, 2.05) is 49.3 Å². The first kappa shape index (κ1) is 14.3. The van der Waals surface area contributed by atoms with Gasteiger partial charge in [-0.05, 0) is 14.1 Å². The van der Waals surface area contributed by atoms with Crippen LogP contribution < -0.4 is 0 Å². The molecule has 1 aromatic carbocycles. The summed E-state index contributed by atoms with van der Waals surface area (Å²) in [6.07, 6.45) is -0.298. The molecule has 0 aromatic heterocycles. The number of rotatable bonds is 2. The molecule has 0 spiro atoms. The van der Waals surface area contributed by atoms with Gasteiger partial charge in [0.05, 0.1) is 5.92 Å². The molecule has 0 N–H and O–H groups in total. The largest absolute Gasteiger partial charge is 0.287 e. The smallest absolute Gasteiger partial charge is 0.243 e. The second kappa shape index (κ2) is 5.27. The first-order valence-corrected chi connectivity index (χ1v) is 7.66. The van der Waals surface area contributed by atoms with Gasteiger partial charge in [-0.25, -0.2) is 0 Å². The minimum atomic E-state index is -0.394. The fourth-order valence-corrected chi connectivity index (χ4v) is 4.07. The topological polar surface area (TPSA) is 53.0 Å². The SMILES string of the molecule is CN1C(=O)[C@@H]2[C@@H](SC(c3ccccc3)=N[C@@H]2N(C)C)C1=O. The number of carbonyl (C=O) groups excluding carboxylic acids is 2. The van der Waals surface area contributed by atoms with Crippen LogP contribution in [0.1, 0.15) is 5.56 Å². The van der Waals surface area contributed by atoms with E-state index in [1.165, 1.54) is 16.7 Å². The van der Waals surface area contributed by atoms with Crippen LogP contribution in [0, 0.1) is 5.92 Å². The van der Waals surface area contributed by atoms with E-state index < -0.39 is 5.92 Å². The van der Waals surface area contributed by atoms with Crippen LogP contribution in [0.5, 0.6) is 0 Å². The predicted molar refractivity (Wildman–Crippen MR) is 83.1 cm³/mol. The molecule has 3 rings (SSSR count). The molecule has 1 saturated heterocycles. The van der Waals surface area contributed by atoms with Crippen molar-refractivity contribution in [2.24, 2.45) is 10.9 Å². The number of amides is 2. The van der Waals surface area contributed by atoms with Crippen LogP contribution in [0.2, 0.25) is 0 Å². The summed E-state index contributed by atoms with van der Waals surface area (Å²) in [5.74, 6) is -0.646. The zero-order valence-electron chi connectivity index (χ0n) is 12.2. The Balaban J connectivity index is 2.03. The second-order valence-corrected chi connectivity index (χ2v) is 6.61. The van der Waals surface area contributed by atoms with Crippen molar-refractivity contribution in [3.05, 3.63) is 35.9 Å². The maximum atomic E-state index is 12.3. The van der Waals surface area contributed by atoms with Crippen molar-refractivity contribution in [1.29, 1.82) is 0 Å². The molecule has 0 radical (unpaired) electrons. The highest BCUT2D eigenvalue weighted by Crippen LogP contribution is 2.39. The molecular formula is C15H17N3O2S. The van der Waals surface area contributed by atoms with E-state index in [-0.39, 0.29) is 23.2 Å². The van der Waals surface area contributed by atoms with Crippen molar-refractivity contribution in [3.63, 3.8) is 0 Å². The number of imide groups is 1. The third-order valence-electron chi connectivity index (χ3n) is 3.88. The minimum Gasteiger partial charge on any atom is -0.287 e. The van der Waals surface area contributed by atoms with Crippen LogP contribution in [0.25, 0.3) is 0 Å². The van der Waals surface area contributed by atoms with E-state index in [1.54, 1.807) is 7.05 Å². The zero-order chi connectivity index (χ0) is 15.1. The Morgan fingerprint density at radius 1 is 1.14 bits per heavy atom. The molecule has 5 nitrogen and oxygen atoms in total. The number of aliphatic imine (C=N–C) groups is 1. The van der Waals surface area contributed by atoms with Crippen molar-refractivity contribution >= 4 is 28.6 Å². The Hall–Kier alpha value is -1.66. The lowest BCUT2D eigenvalue weighted by atomic mass is 10.0. The van der Waals surface area contributed by atoms with E-state index >= 15 is 0 Å². The molecule has 0 saturated carbocycles. The molecule has 6 heteroatoms. The fourth-order valence-electron chi connectivity index (χ4n) is 2.72. The van der Waals surface area contributed by atoms with E-state index in [9.17, 15) is 9.59 Å². The van der Waals surface area contributed by atoms with Gasteiger partial charge in [0.15, 0.2) is 0 Å². The molecule has 1 aromatic rings. The van der Waals surface area contributed by atoms with Crippen LogP contribution in [-0.4, -0.2) is 59.2 Å². The van der Waals surface area contributed by atoms with E-state index in [2.05, 4.69) is 0 Å². The van der Waals surface area contributed by atoms with Gasteiger partial charge in [-0.15, -0.1) is 0 Å². The molecule has 3 atom stereocenters. The van der Waals surface area contributed by atoms with Gasteiger partial charge in [-0.1, -0.05) is 42.1 Å². The normalized spacial score (nSPS) is 28.9. The van der Waals surface area contributed by atoms with Crippen molar-refractivity contribution in [2.75, 3.05) is 21.1 Å². The Morgan fingerprint density at radius 3 is 2.43 bits per heavy atom. The minimum absolute atomic E-state index is 0.120.